The van der Waals surface area contributed by atoms with Crippen LogP contribution in [0.2, 0.25) is 0 Å². The van der Waals surface area contributed by atoms with Crippen molar-refractivity contribution in [2.45, 2.75) is 39.4 Å². The number of hydrogen-bond acceptors (Lipinski definition) is 5. The first kappa shape index (κ1) is 16.2. The summed E-state index contributed by atoms with van der Waals surface area (Å²) in [7, 11) is 0. The van der Waals surface area contributed by atoms with Crippen LogP contribution < -0.4 is 0 Å². The van der Waals surface area contributed by atoms with Crippen molar-refractivity contribution >= 4 is 11.8 Å². The molecule has 126 valence electrons. The van der Waals surface area contributed by atoms with Crippen molar-refractivity contribution in [2.75, 3.05) is 6.54 Å². The van der Waals surface area contributed by atoms with Crippen molar-refractivity contribution < 1.29 is 14.1 Å². The third-order valence-electron chi connectivity index (χ3n) is 4.12. The standard InChI is InChI=1S/C17H20N4O3/c1-3-15-18-14(19-24-15)10-21-12(2)17(23)20(11-16(21)22)9-13-7-5-4-6-8-13/h4-8,12H,3,9-11H2,1-2H3/t12-/m1/s1. The Bertz CT molecular complexity index is 728. The highest BCUT2D eigenvalue weighted by molar-refractivity contribution is 5.94. The van der Waals surface area contributed by atoms with E-state index in [1.54, 1.807) is 11.8 Å². The van der Waals surface area contributed by atoms with Crippen LogP contribution in [0.4, 0.5) is 0 Å². The van der Waals surface area contributed by atoms with E-state index < -0.39 is 6.04 Å². The minimum Gasteiger partial charge on any atom is -0.339 e. The second kappa shape index (κ2) is 6.82. The molecule has 1 aromatic heterocycles. The largest absolute Gasteiger partial charge is 0.339 e. The van der Waals surface area contributed by atoms with E-state index in [2.05, 4.69) is 10.1 Å². The molecule has 1 saturated heterocycles. The zero-order valence-corrected chi connectivity index (χ0v) is 13.8. The summed E-state index contributed by atoms with van der Waals surface area (Å²) in [6, 6.07) is 9.11. The minimum atomic E-state index is -0.543. The highest BCUT2D eigenvalue weighted by Gasteiger charge is 2.37. The molecule has 1 aliphatic rings. The molecule has 0 saturated carbocycles. The predicted octanol–water partition coefficient (Wildman–Crippen LogP) is 1.39. The number of carbonyl (C=O) groups excluding carboxylic acids is 2. The number of aromatic nitrogens is 2. The van der Waals surface area contributed by atoms with E-state index in [0.29, 0.717) is 24.7 Å². The van der Waals surface area contributed by atoms with Crippen molar-refractivity contribution in [3.63, 3.8) is 0 Å². The van der Waals surface area contributed by atoms with Gasteiger partial charge in [-0.05, 0) is 12.5 Å². The first-order valence-electron chi connectivity index (χ1n) is 8.02. The molecule has 7 nitrogen and oxygen atoms in total. The molecule has 1 aromatic carbocycles. The summed E-state index contributed by atoms with van der Waals surface area (Å²) in [6.07, 6.45) is 0.639. The molecule has 2 amide bonds. The Hall–Kier alpha value is -2.70. The van der Waals surface area contributed by atoms with Gasteiger partial charge in [-0.25, -0.2) is 0 Å². The number of carbonyl (C=O) groups is 2. The summed E-state index contributed by atoms with van der Waals surface area (Å²) in [5.74, 6) is 0.772. The van der Waals surface area contributed by atoms with E-state index in [4.69, 9.17) is 4.52 Å². The molecule has 3 rings (SSSR count). The zero-order valence-electron chi connectivity index (χ0n) is 13.8. The monoisotopic (exact) mass is 328 g/mol. The van der Waals surface area contributed by atoms with Gasteiger partial charge in [0.1, 0.15) is 12.6 Å². The Morgan fingerprint density at radius 3 is 2.62 bits per heavy atom. The van der Waals surface area contributed by atoms with Gasteiger partial charge in [0, 0.05) is 13.0 Å². The first-order chi connectivity index (χ1) is 11.6. The van der Waals surface area contributed by atoms with Gasteiger partial charge in [0.15, 0.2) is 5.82 Å². The summed E-state index contributed by atoms with van der Waals surface area (Å²) in [5, 5.41) is 3.86. The van der Waals surface area contributed by atoms with Crippen LogP contribution in [0.1, 0.15) is 31.1 Å². The summed E-state index contributed by atoms with van der Waals surface area (Å²) < 4.78 is 5.06. The van der Waals surface area contributed by atoms with E-state index in [1.807, 2.05) is 37.3 Å². The van der Waals surface area contributed by atoms with Crippen molar-refractivity contribution in [1.82, 2.24) is 19.9 Å². The van der Waals surface area contributed by atoms with Crippen molar-refractivity contribution in [3.05, 3.63) is 47.6 Å². The maximum atomic E-state index is 12.6. The molecule has 0 radical (unpaired) electrons. The van der Waals surface area contributed by atoms with Crippen molar-refractivity contribution in [2.24, 2.45) is 0 Å². The average Bonchev–Trinajstić information content (AvgIpc) is 3.05. The van der Waals surface area contributed by atoms with E-state index in [0.717, 1.165) is 5.56 Å². The SMILES string of the molecule is CCc1nc(CN2C(=O)CN(Cc3ccccc3)C(=O)[C@H]2C)no1. The second-order valence-electron chi connectivity index (χ2n) is 5.84. The number of amides is 2. The number of rotatable bonds is 5. The van der Waals surface area contributed by atoms with Crippen molar-refractivity contribution in [3.8, 4) is 0 Å². The van der Waals surface area contributed by atoms with Gasteiger partial charge in [0.05, 0.1) is 6.54 Å². The molecule has 0 N–H and O–H groups in total. The number of piperazine rings is 1. The lowest BCUT2D eigenvalue weighted by atomic mass is 10.1. The molecule has 1 atom stereocenters. The third kappa shape index (κ3) is 3.29. The summed E-state index contributed by atoms with van der Waals surface area (Å²) >= 11 is 0. The molecule has 1 fully saturated rings. The molecule has 0 aliphatic carbocycles. The number of hydrogen-bond donors (Lipinski definition) is 0. The van der Waals surface area contributed by atoms with Gasteiger partial charge in [-0.15, -0.1) is 0 Å². The number of nitrogens with zero attached hydrogens (tertiary/aromatic N) is 4. The highest BCUT2D eigenvalue weighted by Crippen LogP contribution is 2.17. The van der Waals surface area contributed by atoms with Gasteiger partial charge in [-0.1, -0.05) is 42.4 Å². The topological polar surface area (TPSA) is 79.5 Å². The van der Waals surface area contributed by atoms with Gasteiger partial charge in [0.2, 0.25) is 17.7 Å². The lowest BCUT2D eigenvalue weighted by Crippen LogP contribution is -2.58. The van der Waals surface area contributed by atoms with Gasteiger partial charge in [0.25, 0.3) is 0 Å². The van der Waals surface area contributed by atoms with E-state index >= 15 is 0 Å². The van der Waals surface area contributed by atoms with E-state index in [9.17, 15) is 9.59 Å². The third-order valence-corrected chi connectivity index (χ3v) is 4.12. The second-order valence-corrected chi connectivity index (χ2v) is 5.84. The molecule has 2 heterocycles. The molecule has 0 unspecified atom stereocenters. The lowest BCUT2D eigenvalue weighted by molar-refractivity contribution is -0.156. The molecule has 0 spiro atoms. The van der Waals surface area contributed by atoms with Crippen LogP contribution in [0.5, 0.6) is 0 Å². The maximum Gasteiger partial charge on any atom is 0.245 e. The van der Waals surface area contributed by atoms with Crippen LogP contribution in [-0.2, 0) is 29.1 Å². The van der Waals surface area contributed by atoms with Gasteiger partial charge in [-0.2, -0.15) is 4.98 Å². The average molecular weight is 328 g/mol. The van der Waals surface area contributed by atoms with Crippen LogP contribution in [0, 0.1) is 0 Å². The Morgan fingerprint density at radius 2 is 1.96 bits per heavy atom. The smallest absolute Gasteiger partial charge is 0.245 e. The highest BCUT2D eigenvalue weighted by atomic mass is 16.5. The Labute approximate surface area is 140 Å². The minimum absolute atomic E-state index is 0.0660. The Balaban J connectivity index is 1.69. The number of benzene rings is 1. The zero-order chi connectivity index (χ0) is 17.1. The molecule has 2 aromatic rings. The molecule has 24 heavy (non-hydrogen) atoms. The Morgan fingerprint density at radius 1 is 1.21 bits per heavy atom. The number of aryl methyl sites for hydroxylation is 1. The fourth-order valence-corrected chi connectivity index (χ4v) is 2.76. The molecule has 7 heteroatoms. The van der Waals surface area contributed by atoms with Crippen LogP contribution in [-0.4, -0.2) is 44.3 Å². The summed E-state index contributed by atoms with van der Waals surface area (Å²) in [6.45, 7) is 4.34. The summed E-state index contributed by atoms with van der Waals surface area (Å²) in [4.78, 5) is 32.4. The van der Waals surface area contributed by atoms with Gasteiger partial charge < -0.3 is 14.3 Å². The fraction of sp³-hybridized carbons (Fsp3) is 0.412. The van der Waals surface area contributed by atoms with Gasteiger partial charge >= 0.3 is 0 Å². The molecule has 0 bridgehead atoms. The van der Waals surface area contributed by atoms with E-state index in [1.165, 1.54) is 4.90 Å². The fourth-order valence-electron chi connectivity index (χ4n) is 2.76. The van der Waals surface area contributed by atoms with E-state index in [-0.39, 0.29) is 24.9 Å². The lowest BCUT2D eigenvalue weighted by Gasteiger charge is -2.38. The quantitative estimate of drug-likeness (QED) is 0.829. The molecular weight excluding hydrogens is 308 g/mol. The predicted molar refractivity (Wildman–Crippen MR) is 85.5 cm³/mol. The van der Waals surface area contributed by atoms with Crippen LogP contribution in [0.25, 0.3) is 0 Å². The van der Waals surface area contributed by atoms with Crippen LogP contribution in [0.3, 0.4) is 0 Å². The molecule has 1 aliphatic heterocycles. The van der Waals surface area contributed by atoms with Crippen molar-refractivity contribution in [1.29, 1.82) is 0 Å². The maximum absolute atomic E-state index is 12.6. The normalized spacial score (nSPS) is 18.3. The van der Waals surface area contributed by atoms with Gasteiger partial charge in [-0.3, -0.25) is 9.59 Å². The Kier molecular flexibility index (Phi) is 4.59. The van der Waals surface area contributed by atoms with Crippen LogP contribution >= 0.6 is 0 Å². The molecular formula is C17H20N4O3. The summed E-state index contributed by atoms with van der Waals surface area (Å²) in [5.41, 5.74) is 1.00. The first-order valence-corrected chi connectivity index (χ1v) is 8.02. The van der Waals surface area contributed by atoms with Crippen LogP contribution in [0.15, 0.2) is 34.9 Å².